The topological polar surface area (TPSA) is 94.0 Å². The van der Waals surface area contributed by atoms with Crippen molar-refractivity contribution in [3.05, 3.63) is 76.9 Å². The van der Waals surface area contributed by atoms with Crippen LogP contribution in [0, 0.1) is 0 Å². The van der Waals surface area contributed by atoms with E-state index in [9.17, 15) is 8.78 Å². The molecule has 0 unspecified atom stereocenters. The maximum atomic E-state index is 13.6. The molecule has 0 bridgehead atoms. The molecule has 0 atom stereocenters. The van der Waals surface area contributed by atoms with Gasteiger partial charge in [0.2, 0.25) is 0 Å². The number of alkyl halides is 2. The number of hydrogen-bond acceptors (Lipinski definition) is 4. The Hall–Kier alpha value is -3.88. The maximum absolute atomic E-state index is 13.6. The number of benzene rings is 2. The molecule has 4 rings (SSSR count). The summed E-state index contributed by atoms with van der Waals surface area (Å²) in [5.41, 5.74) is 12.1. The van der Waals surface area contributed by atoms with E-state index in [0.29, 0.717) is 6.42 Å². The van der Waals surface area contributed by atoms with Gasteiger partial charge in [-0.05, 0) is 53.8 Å². The molecule has 2 aromatic heterocycles. The van der Waals surface area contributed by atoms with E-state index >= 15 is 0 Å². The molecule has 0 spiro atoms. The summed E-state index contributed by atoms with van der Waals surface area (Å²) in [4.78, 5) is 13.2. The van der Waals surface area contributed by atoms with Gasteiger partial charge in [0.05, 0.1) is 11.2 Å². The quantitative estimate of drug-likeness (QED) is 0.280. The van der Waals surface area contributed by atoms with Crippen molar-refractivity contribution in [1.29, 1.82) is 0 Å². The first-order valence-electron chi connectivity index (χ1n) is 11.6. The first-order chi connectivity index (χ1) is 16.7. The molecule has 0 aliphatic heterocycles. The van der Waals surface area contributed by atoms with E-state index in [-0.39, 0.29) is 17.5 Å². The van der Waals surface area contributed by atoms with Gasteiger partial charge in [0.25, 0.3) is 5.92 Å². The molecule has 2 aromatic carbocycles. The summed E-state index contributed by atoms with van der Waals surface area (Å²) in [7, 11) is 1.45. The van der Waals surface area contributed by atoms with Crippen molar-refractivity contribution in [2.75, 3.05) is 5.32 Å². The van der Waals surface area contributed by atoms with Gasteiger partial charge in [-0.1, -0.05) is 26.0 Å². The molecule has 7 nitrogen and oxygen atoms in total. The first-order valence-corrected chi connectivity index (χ1v) is 11.6. The van der Waals surface area contributed by atoms with Crippen molar-refractivity contribution in [2.45, 2.75) is 46.0 Å². The Morgan fingerprint density at radius 1 is 1.09 bits per heavy atom. The SMILES string of the molecule is CCc1cc2ncnc(Cc3cccc(NC(N)=Nc4cc(C(C)(F)F)n(C)n4)c3)c2cc1CC. The number of hydrogen-bond donors (Lipinski definition) is 2. The van der Waals surface area contributed by atoms with Gasteiger partial charge < -0.3 is 11.1 Å². The Bertz CT molecular complexity index is 1390. The number of anilines is 1. The van der Waals surface area contributed by atoms with Crippen LogP contribution in [0.25, 0.3) is 10.9 Å². The lowest BCUT2D eigenvalue weighted by atomic mass is 9.97. The highest BCUT2D eigenvalue weighted by atomic mass is 19.3. The minimum atomic E-state index is -3.02. The second-order valence-corrected chi connectivity index (χ2v) is 8.56. The van der Waals surface area contributed by atoms with Crippen LogP contribution in [0.5, 0.6) is 0 Å². The highest BCUT2D eigenvalue weighted by Gasteiger charge is 2.29. The molecule has 0 saturated carbocycles. The van der Waals surface area contributed by atoms with E-state index in [1.165, 1.54) is 24.2 Å². The summed E-state index contributed by atoms with van der Waals surface area (Å²) < 4.78 is 28.4. The molecule has 182 valence electrons. The number of nitrogens with two attached hydrogens (primary N) is 1. The van der Waals surface area contributed by atoms with Crippen molar-refractivity contribution in [3.63, 3.8) is 0 Å². The smallest absolute Gasteiger partial charge is 0.286 e. The summed E-state index contributed by atoms with van der Waals surface area (Å²) >= 11 is 0. The zero-order valence-corrected chi connectivity index (χ0v) is 20.3. The van der Waals surface area contributed by atoms with Crippen LogP contribution >= 0.6 is 0 Å². The lowest BCUT2D eigenvalue weighted by Gasteiger charge is -2.11. The van der Waals surface area contributed by atoms with Crippen LogP contribution in [0.4, 0.5) is 20.3 Å². The van der Waals surface area contributed by atoms with Gasteiger partial charge in [-0.25, -0.2) is 9.97 Å². The van der Waals surface area contributed by atoms with Gasteiger partial charge in [-0.2, -0.15) is 18.9 Å². The molecule has 2 heterocycles. The van der Waals surface area contributed by atoms with Crippen LogP contribution in [0.15, 0.2) is 53.8 Å². The lowest BCUT2D eigenvalue weighted by Crippen LogP contribution is -2.22. The normalized spacial score (nSPS) is 12.3. The van der Waals surface area contributed by atoms with Gasteiger partial charge in [0.1, 0.15) is 12.0 Å². The van der Waals surface area contributed by atoms with Crippen LogP contribution in [-0.2, 0) is 32.2 Å². The molecular formula is C26H29F2N7. The van der Waals surface area contributed by atoms with Gasteiger partial charge >= 0.3 is 0 Å². The summed E-state index contributed by atoms with van der Waals surface area (Å²) in [6, 6.07) is 13.3. The van der Waals surface area contributed by atoms with Crippen LogP contribution < -0.4 is 11.1 Å². The predicted molar refractivity (Wildman–Crippen MR) is 135 cm³/mol. The van der Waals surface area contributed by atoms with Crippen molar-refractivity contribution in [1.82, 2.24) is 19.7 Å². The van der Waals surface area contributed by atoms with E-state index < -0.39 is 5.92 Å². The molecule has 3 N–H and O–H groups in total. The van der Waals surface area contributed by atoms with Crippen LogP contribution in [0.3, 0.4) is 0 Å². The van der Waals surface area contributed by atoms with Gasteiger partial charge in [0, 0.05) is 37.5 Å². The molecule has 0 aliphatic carbocycles. The fraction of sp³-hybridized carbons (Fsp3) is 0.308. The Labute approximate surface area is 203 Å². The second-order valence-electron chi connectivity index (χ2n) is 8.56. The molecule has 0 saturated heterocycles. The van der Waals surface area contributed by atoms with E-state index in [0.717, 1.165) is 52.3 Å². The van der Waals surface area contributed by atoms with Crippen molar-refractivity contribution in [3.8, 4) is 0 Å². The van der Waals surface area contributed by atoms with E-state index in [4.69, 9.17) is 5.73 Å². The number of halogens is 2. The highest BCUT2D eigenvalue weighted by molar-refractivity contribution is 5.93. The van der Waals surface area contributed by atoms with Gasteiger partial charge in [-0.3, -0.25) is 4.68 Å². The lowest BCUT2D eigenvalue weighted by molar-refractivity contribution is 0.00883. The Morgan fingerprint density at radius 3 is 2.51 bits per heavy atom. The van der Waals surface area contributed by atoms with Crippen LogP contribution in [0.2, 0.25) is 0 Å². The molecule has 0 fully saturated rings. The number of aryl methyl sites for hydroxylation is 3. The zero-order valence-electron chi connectivity index (χ0n) is 20.3. The summed E-state index contributed by atoms with van der Waals surface area (Å²) in [6.45, 7) is 5.13. The van der Waals surface area contributed by atoms with E-state index in [1.807, 2.05) is 24.3 Å². The van der Waals surface area contributed by atoms with Crippen molar-refractivity contribution < 1.29 is 8.78 Å². The highest BCUT2D eigenvalue weighted by Crippen LogP contribution is 2.29. The molecule has 9 heteroatoms. The zero-order chi connectivity index (χ0) is 25.2. The molecule has 0 radical (unpaired) electrons. The monoisotopic (exact) mass is 477 g/mol. The summed E-state index contributed by atoms with van der Waals surface area (Å²) in [5.74, 6) is -2.86. The first kappa shape index (κ1) is 24.3. The number of guanidine groups is 1. The summed E-state index contributed by atoms with van der Waals surface area (Å²) in [6.07, 6.45) is 4.15. The number of rotatable bonds is 7. The number of aliphatic imine (C=N–C) groups is 1. The molecule has 4 aromatic rings. The molecule has 35 heavy (non-hydrogen) atoms. The minimum Gasteiger partial charge on any atom is -0.369 e. The van der Waals surface area contributed by atoms with E-state index in [2.05, 4.69) is 51.4 Å². The van der Waals surface area contributed by atoms with Crippen molar-refractivity contribution in [2.24, 2.45) is 17.8 Å². The number of fused-ring (bicyclic) bond motifs is 1. The van der Waals surface area contributed by atoms with Crippen LogP contribution in [0.1, 0.15) is 48.8 Å². The number of nitrogens with one attached hydrogen (secondary N) is 1. The Kier molecular flexibility index (Phi) is 6.77. The molecule has 0 aliphatic rings. The number of aromatic nitrogens is 4. The van der Waals surface area contributed by atoms with Crippen molar-refractivity contribution >= 4 is 28.4 Å². The molecular weight excluding hydrogens is 448 g/mol. The fourth-order valence-corrected chi connectivity index (χ4v) is 4.21. The third kappa shape index (κ3) is 5.45. The van der Waals surface area contributed by atoms with Gasteiger partial charge in [-0.15, -0.1) is 0 Å². The summed E-state index contributed by atoms with van der Waals surface area (Å²) in [5, 5.41) is 8.07. The standard InChI is InChI=1S/C26H29F2N7/c1-5-17-12-20-21(30-15-31-22(20)13-18(17)6-2)11-16-8-7-9-19(10-16)32-25(29)33-24-14-23(26(3,27)28)35(4)34-24/h7-10,12-15H,5-6,11H2,1-4H3,(H3,29,32,33,34). The average molecular weight is 478 g/mol. The second kappa shape index (κ2) is 9.77. The fourth-order valence-electron chi connectivity index (χ4n) is 4.21. The Morgan fingerprint density at radius 2 is 1.83 bits per heavy atom. The number of nitrogens with zero attached hydrogens (tertiary/aromatic N) is 5. The van der Waals surface area contributed by atoms with Crippen LogP contribution in [-0.4, -0.2) is 25.7 Å². The van der Waals surface area contributed by atoms with Gasteiger partial charge in [0.15, 0.2) is 11.8 Å². The predicted octanol–water partition coefficient (Wildman–Crippen LogP) is 5.25. The maximum Gasteiger partial charge on any atom is 0.286 e. The van der Waals surface area contributed by atoms with E-state index in [1.54, 1.807) is 6.33 Å². The molecule has 0 amide bonds. The minimum absolute atomic E-state index is 0.0541. The third-order valence-electron chi connectivity index (χ3n) is 5.92. The average Bonchev–Trinajstić information content (AvgIpc) is 3.18. The third-order valence-corrected chi connectivity index (χ3v) is 5.92. The largest absolute Gasteiger partial charge is 0.369 e. The Balaban J connectivity index is 1.56.